The molecule has 2 fully saturated rings. The minimum Gasteiger partial charge on any atom is -0.478 e. The first kappa shape index (κ1) is 22.3. The Morgan fingerprint density at radius 2 is 1.53 bits per heavy atom. The molecule has 2 aromatic rings. The molecule has 2 heterocycles. The average Bonchev–Trinajstić information content (AvgIpc) is 2.82. The molecule has 30 heavy (non-hydrogen) atoms. The molecule has 5 heteroatoms. The van der Waals surface area contributed by atoms with Gasteiger partial charge in [0.15, 0.2) is 0 Å². The van der Waals surface area contributed by atoms with Gasteiger partial charge in [0, 0.05) is 38.4 Å². The largest absolute Gasteiger partial charge is 0.478 e. The van der Waals surface area contributed by atoms with Crippen molar-refractivity contribution in [1.82, 2.24) is 4.90 Å². The number of morpholine rings is 1. The Morgan fingerprint density at radius 1 is 0.933 bits per heavy atom. The summed E-state index contributed by atoms with van der Waals surface area (Å²) in [6.07, 6.45) is 2.26. The number of benzene rings is 2. The smallest absolute Gasteiger partial charge is 0.335 e. The summed E-state index contributed by atoms with van der Waals surface area (Å²) >= 11 is 0. The first-order valence-corrected chi connectivity index (χ1v) is 11.2. The molecule has 2 aliphatic heterocycles. The third kappa shape index (κ3) is 5.83. The van der Waals surface area contributed by atoms with E-state index in [0.717, 1.165) is 64.5 Å². The van der Waals surface area contributed by atoms with Gasteiger partial charge < -0.3 is 14.7 Å². The van der Waals surface area contributed by atoms with Crippen LogP contribution in [0.5, 0.6) is 0 Å². The number of carboxylic acid groups (broad SMARTS) is 1. The number of ether oxygens (including phenoxy) is 1. The van der Waals surface area contributed by atoms with E-state index in [1.54, 1.807) is 12.1 Å². The molecule has 0 radical (unpaired) electrons. The lowest BCUT2D eigenvalue weighted by Gasteiger charge is -2.34. The van der Waals surface area contributed by atoms with Crippen LogP contribution in [0.25, 0.3) is 0 Å². The average molecular weight is 411 g/mol. The van der Waals surface area contributed by atoms with Crippen molar-refractivity contribution < 1.29 is 14.6 Å². The zero-order valence-corrected chi connectivity index (χ0v) is 18.2. The van der Waals surface area contributed by atoms with Gasteiger partial charge >= 0.3 is 5.97 Å². The fourth-order valence-electron chi connectivity index (χ4n) is 4.20. The maximum atomic E-state index is 11.0. The summed E-state index contributed by atoms with van der Waals surface area (Å²) in [5, 5.41) is 9.04. The van der Waals surface area contributed by atoms with Crippen molar-refractivity contribution in [3.8, 4) is 0 Å². The van der Waals surface area contributed by atoms with E-state index in [-0.39, 0.29) is 0 Å². The molecule has 162 valence electrons. The number of aromatic carboxylic acids is 1. The molecular formula is C25H34N2O3. The van der Waals surface area contributed by atoms with Gasteiger partial charge in [0.1, 0.15) is 0 Å². The van der Waals surface area contributed by atoms with Gasteiger partial charge in [-0.1, -0.05) is 38.1 Å². The molecule has 2 aliphatic rings. The molecular weight excluding hydrogens is 376 g/mol. The predicted octanol–water partition coefficient (Wildman–Crippen LogP) is 4.63. The number of hydrogen-bond acceptors (Lipinski definition) is 4. The minimum absolute atomic E-state index is 0.343. The van der Waals surface area contributed by atoms with Gasteiger partial charge in [-0.2, -0.15) is 0 Å². The topological polar surface area (TPSA) is 53.0 Å². The van der Waals surface area contributed by atoms with E-state index >= 15 is 0 Å². The van der Waals surface area contributed by atoms with Crippen LogP contribution in [0.3, 0.4) is 0 Å². The number of carboxylic acids is 1. The van der Waals surface area contributed by atoms with Gasteiger partial charge in [-0.25, -0.2) is 4.79 Å². The Labute approximate surface area is 180 Å². The van der Waals surface area contributed by atoms with E-state index in [4.69, 9.17) is 9.84 Å². The second-order valence-electron chi connectivity index (χ2n) is 7.74. The molecule has 0 aromatic heterocycles. The normalized spacial score (nSPS) is 17.9. The van der Waals surface area contributed by atoms with Gasteiger partial charge in [-0.15, -0.1) is 0 Å². The highest BCUT2D eigenvalue weighted by atomic mass is 16.5. The Kier molecular flexibility index (Phi) is 8.29. The lowest BCUT2D eigenvalue weighted by atomic mass is 9.88. The Bertz CT molecular complexity index is 775. The SMILES string of the molecule is CC.O=C(O)c1ccc(N2CCC(c3ccc(CN4CCOCC4)cc3)CC2)cc1. The number of carbonyl (C=O) groups is 1. The standard InChI is InChI=1S/C23H28N2O3.C2H6/c26-23(27)21-5-7-22(8-6-21)25-11-9-20(10-12-25)19-3-1-18(2-4-19)17-24-13-15-28-16-14-24;1-2/h1-8,20H,9-17H2,(H,26,27);1-2H3. The quantitative estimate of drug-likeness (QED) is 0.779. The van der Waals surface area contributed by atoms with E-state index in [1.165, 1.54) is 11.1 Å². The Hall–Kier alpha value is -2.37. The molecule has 0 aliphatic carbocycles. The van der Waals surface area contributed by atoms with E-state index in [1.807, 2.05) is 26.0 Å². The van der Waals surface area contributed by atoms with Crippen LogP contribution in [0.15, 0.2) is 48.5 Å². The van der Waals surface area contributed by atoms with Gasteiger partial charge in [-0.05, 0) is 54.2 Å². The first-order chi connectivity index (χ1) is 14.7. The van der Waals surface area contributed by atoms with Crippen molar-refractivity contribution >= 4 is 11.7 Å². The maximum absolute atomic E-state index is 11.0. The van der Waals surface area contributed by atoms with Gasteiger partial charge in [0.25, 0.3) is 0 Å². The molecule has 2 aromatic carbocycles. The number of anilines is 1. The van der Waals surface area contributed by atoms with Crippen LogP contribution in [-0.4, -0.2) is 55.4 Å². The Balaban J connectivity index is 0.00000124. The molecule has 4 rings (SSSR count). The molecule has 0 spiro atoms. The van der Waals surface area contributed by atoms with Gasteiger partial charge in [0.2, 0.25) is 0 Å². The van der Waals surface area contributed by atoms with Crippen molar-refractivity contribution in [1.29, 1.82) is 0 Å². The van der Waals surface area contributed by atoms with Crippen LogP contribution in [-0.2, 0) is 11.3 Å². The number of piperidine rings is 1. The lowest BCUT2D eigenvalue weighted by molar-refractivity contribution is 0.0342. The van der Waals surface area contributed by atoms with Gasteiger partial charge in [0.05, 0.1) is 18.8 Å². The highest BCUT2D eigenvalue weighted by Gasteiger charge is 2.21. The van der Waals surface area contributed by atoms with Crippen LogP contribution >= 0.6 is 0 Å². The van der Waals surface area contributed by atoms with E-state index in [2.05, 4.69) is 34.1 Å². The zero-order valence-electron chi connectivity index (χ0n) is 18.2. The van der Waals surface area contributed by atoms with Crippen LogP contribution in [0, 0.1) is 0 Å². The third-order valence-electron chi connectivity index (χ3n) is 5.94. The van der Waals surface area contributed by atoms with E-state index < -0.39 is 5.97 Å². The first-order valence-electron chi connectivity index (χ1n) is 11.2. The molecule has 0 bridgehead atoms. The molecule has 1 N–H and O–H groups in total. The molecule has 2 saturated heterocycles. The fourth-order valence-corrected chi connectivity index (χ4v) is 4.20. The van der Waals surface area contributed by atoms with Crippen molar-refractivity contribution in [3.63, 3.8) is 0 Å². The predicted molar refractivity (Wildman–Crippen MR) is 121 cm³/mol. The molecule has 0 saturated carbocycles. The molecule has 0 amide bonds. The third-order valence-corrected chi connectivity index (χ3v) is 5.94. The maximum Gasteiger partial charge on any atom is 0.335 e. The number of rotatable bonds is 5. The van der Waals surface area contributed by atoms with Crippen LogP contribution in [0.4, 0.5) is 5.69 Å². The summed E-state index contributed by atoms with van der Waals surface area (Å²) in [5.41, 5.74) is 4.27. The zero-order chi connectivity index (χ0) is 21.3. The molecule has 0 unspecified atom stereocenters. The number of nitrogens with zero attached hydrogens (tertiary/aromatic N) is 2. The molecule has 5 nitrogen and oxygen atoms in total. The second kappa shape index (κ2) is 11.1. The molecule has 0 atom stereocenters. The van der Waals surface area contributed by atoms with Crippen LogP contribution < -0.4 is 4.90 Å². The second-order valence-corrected chi connectivity index (χ2v) is 7.74. The minimum atomic E-state index is -0.873. The van der Waals surface area contributed by atoms with E-state index in [0.29, 0.717) is 11.5 Å². The number of hydrogen-bond donors (Lipinski definition) is 1. The van der Waals surface area contributed by atoms with Crippen LogP contribution in [0.1, 0.15) is 54.1 Å². The summed E-state index contributed by atoms with van der Waals surface area (Å²) in [6.45, 7) is 10.8. The summed E-state index contributed by atoms with van der Waals surface area (Å²) < 4.78 is 5.42. The highest BCUT2D eigenvalue weighted by molar-refractivity contribution is 5.88. The summed E-state index contributed by atoms with van der Waals surface area (Å²) in [4.78, 5) is 15.8. The lowest BCUT2D eigenvalue weighted by Crippen LogP contribution is -2.35. The van der Waals surface area contributed by atoms with Crippen molar-refractivity contribution in [2.24, 2.45) is 0 Å². The van der Waals surface area contributed by atoms with Gasteiger partial charge in [-0.3, -0.25) is 4.90 Å². The Morgan fingerprint density at radius 3 is 2.10 bits per heavy atom. The monoisotopic (exact) mass is 410 g/mol. The summed E-state index contributed by atoms with van der Waals surface area (Å²) in [6, 6.07) is 16.4. The highest BCUT2D eigenvalue weighted by Crippen LogP contribution is 2.31. The van der Waals surface area contributed by atoms with E-state index in [9.17, 15) is 4.79 Å². The van der Waals surface area contributed by atoms with Crippen LogP contribution in [0.2, 0.25) is 0 Å². The summed E-state index contributed by atoms with van der Waals surface area (Å²) in [5.74, 6) is -0.269. The van der Waals surface area contributed by atoms with Crippen molar-refractivity contribution in [2.45, 2.75) is 39.2 Å². The van der Waals surface area contributed by atoms with Crippen molar-refractivity contribution in [2.75, 3.05) is 44.3 Å². The summed E-state index contributed by atoms with van der Waals surface area (Å²) in [7, 11) is 0. The van der Waals surface area contributed by atoms with Crippen molar-refractivity contribution in [3.05, 3.63) is 65.2 Å². The fraction of sp³-hybridized carbons (Fsp3) is 0.480.